The molecule has 1 amide bonds. The minimum atomic E-state index is -0.0276. The number of nitrogens with one attached hydrogen (secondary N) is 1. The van der Waals surface area contributed by atoms with Gasteiger partial charge in [-0.05, 0) is 42.3 Å². The molecule has 0 aliphatic rings. The highest BCUT2D eigenvalue weighted by atomic mass is 35.5. The first-order valence-electron chi connectivity index (χ1n) is 7.34. The Balaban J connectivity index is 1.77. The van der Waals surface area contributed by atoms with Crippen molar-refractivity contribution in [3.63, 3.8) is 0 Å². The number of rotatable bonds is 7. The molecule has 3 nitrogen and oxygen atoms in total. The van der Waals surface area contributed by atoms with Crippen molar-refractivity contribution in [2.24, 2.45) is 0 Å². The summed E-state index contributed by atoms with van der Waals surface area (Å²) in [5, 5.41) is 3.73. The average Bonchev–Trinajstić information content (AvgIpc) is 2.55. The van der Waals surface area contributed by atoms with Crippen molar-refractivity contribution < 1.29 is 9.53 Å². The lowest BCUT2D eigenvalue weighted by molar-refractivity contribution is -0.119. The molecule has 0 spiro atoms. The van der Waals surface area contributed by atoms with Crippen LogP contribution in [0.3, 0.4) is 0 Å². The monoisotopic (exact) mass is 349 g/mol. The molecular weight excluding hydrogens is 330 g/mol. The predicted octanol–water partition coefficient (Wildman–Crippen LogP) is 4.46. The molecule has 0 aromatic heterocycles. The van der Waals surface area contributed by atoms with E-state index >= 15 is 0 Å². The molecule has 0 saturated carbocycles. The quantitative estimate of drug-likeness (QED) is 0.802. The van der Waals surface area contributed by atoms with Gasteiger partial charge in [0.25, 0.3) is 0 Å². The maximum atomic E-state index is 12.0. The van der Waals surface area contributed by atoms with Gasteiger partial charge in [0.1, 0.15) is 5.75 Å². The van der Waals surface area contributed by atoms with E-state index < -0.39 is 0 Å². The van der Waals surface area contributed by atoms with Crippen molar-refractivity contribution in [3.05, 3.63) is 64.7 Å². The first-order valence-corrected chi connectivity index (χ1v) is 8.87. The first kappa shape index (κ1) is 17.7. The van der Waals surface area contributed by atoms with Crippen LogP contribution in [0.1, 0.15) is 24.1 Å². The maximum absolute atomic E-state index is 12.0. The minimum absolute atomic E-state index is 0.0276. The lowest BCUT2D eigenvalue weighted by Gasteiger charge is -2.14. The van der Waals surface area contributed by atoms with Gasteiger partial charge >= 0.3 is 0 Å². The van der Waals surface area contributed by atoms with Crippen molar-refractivity contribution in [2.75, 3.05) is 12.9 Å². The van der Waals surface area contributed by atoms with E-state index in [1.54, 1.807) is 18.9 Å². The Morgan fingerprint density at radius 2 is 2.00 bits per heavy atom. The summed E-state index contributed by atoms with van der Waals surface area (Å²) >= 11 is 7.52. The number of hydrogen-bond donors (Lipinski definition) is 1. The van der Waals surface area contributed by atoms with Gasteiger partial charge in [-0.1, -0.05) is 35.9 Å². The Hall–Kier alpha value is -1.65. The van der Waals surface area contributed by atoms with Crippen LogP contribution >= 0.6 is 23.4 Å². The van der Waals surface area contributed by atoms with E-state index in [9.17, 15) is 4.79 Å². The number of thioether (sulfide) groups is 1. The van der Waals surface area contributed by atoms with E-state index in [4.69, 9.17) is 16.3 Å². The van der Waals surface area contributed by atoms with Gasteiger partial charge in [0.2, 0.25) is 5.91 Å². The normalized spacial score (nSPS) is 11.8. The standard InChI is InChI=1S/C18H20ClNO2S/c1-13(15-6-8-17(22-2)9-7-15)20-18(21)12-23-11-14-4-3-5-16(19)10-14/h3-10,13H,11-12H2,1-2H3,(H,20,21)/t13-/m1/s1. The Kier molecular flexibility index (Phi) is 6.81. The zero-order valence-electron chi connectivity index (χ0n) is 13.2. The zero-order chi connectivity index (χ0) is 16.7. The second kappa shape index (κ2) is 8.85. The van der Waals surface area contributed by atoms with Crippen LogP contribution in [0.4, 0.5) is 0 Å². The number of ether oxygens (including phenoxy) is 1. The second-order valence-corrected chi connectivity index (χ2v) is 6.61. The number of benzene rings is 2. The number of halogens is 1. The van der Waals surface area contributed by atoms with Crippen LogP contribution in [0.15, 0.2) is 48.5 Å². The Morgan fingerprint density at radius 3 is 2.65 bits per heavy atom. The van der Waals surface area contributed by atoms with Gasteiger partial charge in [0.05, 0.1) is 18.9 Å². The molecule has 23 heavy (non-hydrogen) atoms. The summed E-state index contributed by atoms with van der Waals surface area (Å²) in [5.41, 5.74) is 2.18. The molecule has 2 aromatic rings. The van der Waals surface area contributed by atoms with Crippen LogP contribution in [0.5, 0.6) is 5.75 Å². The molecule has 0 heterocycles. The van der Waals surface area contributed by atoms with Crippen LogP contribution in [-0.2, 0) is 10.5 Å². The summed E-state index contributed by atoms with van der Waals surface area (Å²) in [7, 11) is 1.64. The molecule has 2 rings (SSSR count). The van der Waals surface area contributed by atoms with Crippen molar-refractivity contribution in [1.29, 1.82) is 0 Å². The average molecular weight is 350 g/mol. The van der Waals surface area contributed by atoms with Crippen LogP contribution in [0.25, 0.3) is 0 Å². The third-order valence-electron chi connectivity index (χ3n) is 3.38. The lowest BCUT2D eigenvalue weighted by Crippen LogP contribution is -2.28. The van der Waals surface area contributed by atoms with Crippen LogP contribution in [-0.4, -0.2) is 18.8 Å². The number of methoxy groups -OCH3 is 1. The molecule has 1 N–H and O–H groups in total. The predicted molar refractivity (Wildman–Crippen MR) is 97.2 cm³/mol. The fourth-order valence-corrected chi connectivity index (χ4v) is 3.15. The fourth-order valence-electron chi connectivity index (χ4n) is 2.15. The summed E-state index contributed by atoms with van der Waals surface area (Å²) in [6.07, 6.45) is 0. The van der Waals surface area contributed by atoms with Gasteiger partial charge in [-0.15, -0.1) is 11.8 Å². The van der Waals surface area contributed by atoms with Crippen molar-refractivity contribution in [3.8, 4) is 5.75 Å². The van der Waals surface area contributed by atoms with Crippen molar-refractivity contribution in [1.82, 2.24) is 5.32 Å². The summed E-state index contributed by atoms with van der Waals surface area (Å²) < 4.78 is 5.13. The summed E-state index contributed by atoms with van der Waals surface area (Å²) in [6.45, 7) is 1.97. The van der Waals surface area contributed by atoms with E-state index in [2.05, 4.69) is 5.32 Å². The Bertz CT molecular complexity index is 646. The van der Waals surface area contributed by atoms with Gasteiger partial charge in [0.15, 0.2) is 0 Å². The Morgan fingerprint density at radius 1 is 1.26 bits per heavy atom. The zero-order valence-corrected chi connectivity index (χ0v) is 14.8. The molecule has 122 valence electrons. The van der Waals surface area contributed by atoms with Gasteiger partial charge in [0, 0.05) is 10.8 Å². The molecule has 0 unspecified atom stereocenters. The lowest BCUT2D eigenvalue weighted by atomic mass is 10.1. The van der Waals surface area contributed by atoms with E-state index in [1.807, 2.05) is 55.5 Å². The largest absolute Gasteiger partial charge is 0.497 e. The molecule has 5 heteroatoms. The van der Waals surface area contributed by atoms with Gasteiger partial charge in [-0.25, -0.2) is 0 Å². The first-order chi connectivity index (χ1) is 11.1. The van der Waals surface area contributed by atoms with Crippen molar-refractivity contribution in [2.45, 2.75) is 18.7 Å². The van der Waals surface area contributed by atoms with Gasteiger partial charge < -0.3 is 10.1 Å². The highest BCUT2D eigenvalue weighted by Gasteiger charge is 2.09. The van der Waals surface area contributed by atoms with Crippen LogP contribution in [0.2, 0.25) is 5.02 Å². The van der Waals surface area contributed by atoms with E-state index in [-0.39, 0.29) is 11.9 Å². The summed E-state index contributed by atoms with van der Waals surface area (Å²) in [6, 6.07) is 15.4. The highest BCUT2D eigenvalue weighted by molar-refractivity contribution is 7.99. The number of hydrogen-bond acceptors (Lipinski definition) is 3. The summed E-state index contributed by atoms with van der Waals surface area (Å²) in [5.74, 6) is 2.03. The molecule has 2 aromatic carbocycles. The number of carbonyl (C=O) groups is 1. The molecule has 1 atom stereocenters. The number of amides is 1. The van der Waals surface area contributed by atoms with E-state index in [1.165, 1.54) is 0 Å². The smallest absolute Gasteiger partial charge is 0.230 e. The molecule has 0 aliphatic heterocycles. The highest BCUT2D eigenvalue weighted by Crippen LogP contribution is 2.19. The fraction of sp³-hybridized carbons (Fsp3) is 0.278. The third-order valence-corrected chi connectivity index (χ3v) is 4.62. The minimum Gasteiger partial charge on any atom is -0.497 e. The number of carbonyl (C=O) groups excluding carboxylic acids is 1. The summed E-state index contributed by atoms with van der Waals surface area (Å²) in [4.78, 5) is 12.0. The molecule has 0 bridgehead atoms. The molecule has 0 aliphatic carbocycles. The topological polar surface area (TPSA) is 38.3 Å². The van der Waals surface area contributed by atoms with Gasteiger partial charge in [-0.3, -0.25) is 4.79 Å². The molecule has 0 fully saturated rings. The van der Waals surface area contributed by atoms with Gasteiger partial charge in [-0.2, -0.15) is 0 Å². The van der Waals surface area contributed by atoms with Crippen LogP contribution in [0, 0.1) is 0 Å². The van der Waals surface area contributed by atoms with Crippen LogP contribution < -0.4 is 10.1 Å². The van der Waals surface area contributed by atoms with E-state index in [0.29, 0.717) is 5.75 Å². The molecule has 0 saturated heterocycles. The molecular formula is C18H20ClNO2S. The Labute approximate surface area is 146 Å². The van der Waals surface area contributed by atoms with Crippen molar-refractivity contribution >= 4 is 29.3 Å². The van der Waals surface area contributed by atoms with E-state index in [0.717, 1.165) is 27.7 Å². The second-order valence-electron chi connectivity index (χ2n) is 5.19. The maximum Gasteiger partial charge on any atom is 0.230 e. The molecule has 0 radical (unpaired) electrons. The third kappa shape index (κ3) is 5.81. The SMILES string of the molecule is COc1ccc([C@@H](C)NC(=O)CSCc2cccc(Cl)c2)cc1.